The lowest BCUT2D eigenvalue weighted by Gasteiger charge is -2.30. The molecule has 0 aromatic heterocycles. The van der Waals surface area contributed by atoms with Crippen molar-refractivity contribution in [2.45, 2.75) is 24.3 Å². The summed E-state index contributed by atoms with van der Waals surface area (Å²) in [5.41, 5.74) is 1.28. The maximum Gasteiger partial charge on any atom is 0.294 e. The molecule has 1 aliphatic heterocycles. The molecule has 0 aliphatic carbocycles. The van der Waals surface area contributed by atoms with Crippen LogP contribution in [0, 0.1) is 6.92 Å². The molecule has 1 aromatic carbocycles. The Balaban J connectivity index is 2.22. The average Bonchev–Trinajstić information content (AvgIpc) is 2.36. The minimum atomic E-state index is -4.32. The van der Waals surface area contributed by atoms with Crippen LogP contribution in [0.4, 0.5) is 0 Å². The van der Waals surface area contributed by atoms with Gasteiger partial charge < -0.3 is 9.64 Å². The van der Waals surface area contributed by atoms with Crippen LogP contribution in [-0.4, -0.2) is 50.6 Å². The SMILES string of the molecule is [2H]C([2H])([2H])N1CCO[C@H](Cc2cc(C)ccc2S(=O)(=O)O)C1. The molecule has 1 fully saturated rings. The van der Waals surface area contributed by atoms with Crippen molar-refractivity contribution in [3.8, 4) is 0 Å². The summed E-state index contributed by atoms with van der Waals surface area (Å²) in [4.78, 5) is 1.18. The monoisotopic (exact) mass is 288 g/mol. The zero-order valence-corrected chi connectivity index (χ0v) is 11.5. The van der Waals surface area contributed by atoms with Gasteiger partial charge in [-0.25, -0.2) is 0 Å². The minimum absolute atomic E-state index is 0.160. The lowest BCUT2D eigenvalue weighted by molar-refractivity contribution is -0.0188. The van der Waals surface area contributed by atoms with Crippen LogP contribution >= 0.6 is 0 Å². The summed E-state index contributed by atoms with van der Waals surface area (Å²) < 4.78 is 60.1. The van der Waals surface area contributed by atoms with Gasteiger partial charge >= 0.3 is 0 Å². The number of ether oxygens (including phenoxy) is 1. The lowest BCUT2D eigenvalue weighted by atomic mass is 10.0. The van der Waals surface area contributed by atoms with Crippen molar-refractivity contribution in [1.82, 2.24) is 4.90 Å². The van der Waals surface area contributed by atoms with Gasteiger partial charge in [-0.15, -0.1) is 0 Å². The molecule has 1 atom stereocenters. The Morgan fingerprint density at radius 1 is 1.58 bits per heavy atom. The Kier molecular flexibility index (Phi) is 3.17. The molecule has 1 aliphatic rings. The molecule has 1 saturated heterocycles. The fraction of sp³-hybridized carbons (Fsp3) is 0.538. The number of benzene rings is 1. The van der Waals surface area contributed by atoms with Gasteiger partial charge in [0.25, 0.3) is 10.1 Å². The van der Waals surface area contributed by atoms with Crippen LogP contribution < -0.4 is 0 Å². The van der Waals surface area contributed by atoms with Crippen LogP contribution in [0.1, 0.15) is 15.2 Å². The molecule has 0 bridgehead atoms. The van der Waals surface area contributed by atoms with Crippen LogP contribution in [0.15, 0.2) is 23.1 Å². The number of hydrogen-bond donors (Lipinski definition) is 1. The number of morpholine rings is 1. The average molecular weight is 288 g/mol. The van der Waals surface area contributed by atoms with Crippen LogP contribution in [0.25, 0.3) is 0 Å². The highest BCUT2D eigenvalue weighted by molar-refractivity contribution is 7.85. The standard InChI is InChI=1S/C13H19NO4S/c1-10-3-4-13(19(15,16)17)11(7-10)8-12-9-14(2)5-6-18-12/h3-4,7,12H,5-6,8-9H2,1-2H3,(H,15,16,17)/t12-/m1/s1/i2D3. The molecule has 0 radical (unpaired) electrons. The van der Waals surface area contributed by atoms with E-state index in [1.165, 1.54) is 11.0 Å². The van der Waals surface area contributed by atoms with Gasteiger partial charge in [0.2, 0.25) is 0 Å². The number of rotatable bonds is 3. The van der Waals surface area contributed by atoms with E-state index in [4.69, 9.17) is 8.85 Å². The van der Waals surface area contributed by atoms with Gasteiger partial charge in [0.05, 0.1) is 17.6 Å². The lowest BCUT2D eigenvalue weighted by Crippen LogP contribution is -2.41. The third-order valence-corrected chi connectivity index (χ3v) is 4.03. The van der Waals surface area contributed by atoms with Crippen LogP contribution in [0.5, 0.6) is 0 Å². The summed E-state index contributed by atoms with van der Waals surface area (Å²) >= 11 is 0. The van der Waals surface area contributed by atoms with Gasteiger partial charge in [0.1, 0.15) is 0 Å². The van der Waals surface area contributed by atoms with Crippen molar-refractivity contribution in [2.24, 2.45) is 0 Å². The molecule has 2 rings (SSSR count). The predicted octanol–water partition coefficient (Wildman–Crippen LogP) is 1.11. The van der Waals surface area contributed by atoms with Gasteiger partial charge in [0.15, 0.2) is 0 Å². The Hall–Kier alpha value is -0.950. The van der Waals surface area contributed by atoms with Gasteiger partial charge in [0, 0.05) is 23.6 Å². The van der Waals surface area contributed by atoms with Crippen molar-refractivity contribution in [3.63, 3.8) is 0 Å². The van der Waals surface area contributed by atoms with Gasteiger partial charge in [-0.05, 0) is 25.5 Å². The van der Waals surface area contributed by atoms with Crippen LogP contribution in [-0.2, 0) is 21.3 Å². The van der Waals surface area contributed by atoms with E-state index >= 15 is 0 Å². The number of aryl methyl sites for hydroxylation is 1. The maximum atomic E-state index is 11.4. The van der Waals surface area contributed by atoms with Crippen molar-refractivity contribution in [3.05, 3.63) is 29.3 Å². The van der Waals surface area contributed by atoms with Crippen molar-refractivity contribution >= 4 is 10.1 Å². The van der Waals surface area contributed by atoms with E-state index in [0.717, 1.165) is 5.56 Å². The fourth-order valence-electron chi connectivity index (χ4n) is 2.21. The van der Waals surface area contributed by atoms with Crippen molar-refractivity contribution < 1.29 is 21.8 Å². The summed E-state index contributed by atoms with van der Waals surface area (Å²) in [5.74, 6) is 0. The number of nitrogens with zero attached hydrogens (tertiary/aromatic N) is 1. The highest BCUT2D eigenvalue weighted by atomic mass is 32.2. The van der Waals surface area contributed by atoms with Gasteiger partial charge in [-0.1, -0.05) is 17.7 Å². The Morgan fingerprint density at radius 3 is 3.05 bits per heavy atom. The first-order valence-corrected chi connectivity index (χ1v) is 7.45. The molecule has 5 nitrogen and oxygen atoms in total. The van der Waals surface area contributed by atoms with E-state index < -0.39 is 23.2 Å². The molecule has 1 heterocycles. The Labute approximate surface area is 118 Å². The molecule has 0 saturated carbocycles. The van der Waals surface area contributed by atoms with Gasteiger partial charge in [-0.2, -0.15) is 8.42 Å². The fourth-order valence-corrected chi connectivity index (χ4v) is 2.92. The molecule has 1 aromatic rings. The predicted molar refractivity (Wildman–Crippen MR) is 71.9 cm³/mol. The minimum Gasteiger partial charge on any atom is -0.375 e. The topological polar surface area (TPSA) is 66.8 Å². The summed E-state index contributed by atoms with van der Waals surface area (Å²) in [7, 11) is -4.32. The van der Waals surface area contributed by atoms with Crippen molar-refractivity contribution in [2.75, 3.05) is 26.7 Å². The normalized spacial score (nSPS) is 24.5. The zero-order valence-electron chi connectivity index (χ0n) is 13.7. The summed E-state index contributed by atoms with van der Waals surface area (Å²) in [6.45, 7) is 0.395. The van der Waals surface area contributed by atoms with E-state index in [1.807, 2.05) is 6.92 Å². The molecule has 0 unspecified atom stereocenters. The Morgan fingerprint density at radius 2 is 2.37 bits per heavy atom. The third kappa shape index (κ3) is 3.76. The molecule has 0 amide bonds. The van der Waals surface area contributed by atoms with Crippen LogP contribution in [0.3, 0.4) is 0 Å². The smallest absolute Gasteiger partial charge is 0.294 e. The summed E-state index contributed by atoms with van der Waals surface area (Å²) in [6.07, 6.45) is -0.208. The molecule has 1 N–H and O–H groups in total. The van der Waals surface area contributed by atoms with Crippen molar-refractivity contribution in [1.29, 1.82) is 0 Å². The first kappa shape index (κ1) is 10.8. The van der Waals surface area contributed by atoms with Gasteiger partial charge in [-0.3, -0.25) is 4.55 Å². The van der Waals surface area contributed by atoms with E-state index in [1.54, 1.807) is 12.1 Å². The molecule has 106 valence electrons. The van der Waals surface area contributed by atoms with Crippen LogP contribution in [0.2, 0.25) is 0 Å². The molecule has 19 heavy (non-hydrogen) atoms. The Bertz CT molecular complexity index is 645. The second-order valence-electron chi connectivity index (χ2n) is 4.73. The van der Waals surface area contributed by atoms with E-state index in [9.17, 15) is 13.0 Å². The third-order valence-electron chi connectivity index (χ3n) is 3.08. The first-order chi connectivity index (χ1) is 10.1. The largest absolute Gasteiger partial charge is 0.375 e. The molecule has 0 spiro atoms. The van der Waals surface area contributed by atoms with E-state index in [-0.39, 0.29) is 24.5 Å². The summed E-state index contributed by atoms with van der Waals surface area (Å²) in [6, 6.07) is 4.62. The maximum absolute atomic E-state index is 11.4. The molecular weight excluding hydrogens is 266 g/mol. The summed E-state index contributed by atoms with van der Waals surface area (Å²) in [5, 5.41) is 0. The van der Waals surface area contributed by atoms with E-state index in [0.29, 0.717) is 12.1 Å². The second-order valence-corrected chi connectivity index (χ2v) is 6.12. The highest BCUT2D eigenvalue weighted by Crippen LogP contribution is 2.20. The number of likely N-dealkylation sites (N-methyl/N-ethyl adjacent to an activating group) is 1. The highest BCUT2D eigenvalue weighted by Gasteiger charge is 2.22. The zero-order chi connectivity index (χ0) is 16.5. The molecular formula is C13H19NO4S. The second kappa shape index (κ2) is 5.58. The first-order valence-electron chi connectivity index (χ1n) is 7.51. The molecule has 6 heteroatoms. The number of hydrogen-bond acceptors (Lipinski definition) is 4. The van der Waals surface area contributed by atoms with E-state index in [2.05, 4.69) is 0 Å². The quantitative estimate of drug-likeness (QED) is 0.844.